The predicted octanol–water partition coefficient (Wildman–Crippen LogP) is 4.81. The van der Waals surface area contributed by atoms with Gasteiger partial charge in [0.25, 0.3) is 5.91 Å². The molecule has 0 aliphatic carbocycles. The van der Waals surface area contributed by atoms with E-state index in [1.54, 1.807) is 24.3 Å². The van der Waals surface area contributed by atoms with E-state index in [9.17, 15) is 14.0 Å². The maximum atomic E-state index is 13.3. The summed E-state index contributed by atoms with van der Waals surface area (Å²) in [5.74, 6) is -0.385. The van der Waals surface area contributed by atoms with Crippen molar-refractivity contribution in [2.75, 3.05) is 6.61 Å². The molecule has 1 N–H and O–H groups in total. The van der Waals surface area contributed by atoms with Crippen LogP contribution in [0.25, 0.3) is 0 Å². The van der Waals surface area contributed by atoms with Gasteiger partial charge in [-0.3, -0.25) is 9.59 Å². The number of carbonyl (C=O) groups excluding carboxylic acids is 2. The molecule has 31 heavy (non-hydrogen) atoms. The molecular formula is C24H30ClFN2O3. The van der Waals surface area contributed by atoms with E-state index in [2.05, 4.69) is 5.32 Å². The Balaban J connectivity index is 2.23. The number of nitrogens with zero attached hydrogens (tertiary/aromatic N) is 1. The van der Waals surface area contributed by atoms with Crippen molar-refractivity contribution >= 4 is 23.4 Å². The quantitative estimate of drug-likeness (QED) is 0.599. The number of amides is 2. The number of aryl methyl sites for hydroxylation is 2. The summed E-state index contributed by atoms with van der Waals surface area (Å²) in [6.07, 6.45) is 0.435. The molecule has 0 saturated carbocycles. The Hall–Kier alpha value is -2.60. The summed E-state index contributed by atoms with van der Waals surface area (Å²) in [5.41, 5.74) is 2.44. The first kappa shape index (κ1) is 24.7. The van der Waals surface area contributed by atoms with Crippen molar-refractivity contribution in [2.45, 2.75) is 59.7 Å². The van der Waals surface area contributed by atoms with Gasteiger partial charge in [-0.1, -0.05) is 30.7 Å². The first-order valence-corrected chi connectivity index (χ1v) is 10.7. The van der Waals surface area contributed by atoms with E-state index >= 15 is 0 Å². The number of halogens is 2. The molecule has 2 aromatic carbocycles. The predicted molar refractivity (Wildman–Crippen MR) is 121 cm³/mol. The molecule has 0 unspecified atom stereocenters. The van der Waals surface area contributed by atoms with E-state index in [0.717, 1.165) is 16.7 Å². The zero-order chi connectivity index (χ0) is 23.1. The molecule has 0 aromatic heterocycles. The molecule has 0 aliphatic heterocycles. The fourth-order valence-corrected chi connectivity index (χ4v) is 3.41. The molecule has 7 heteroatoms. The Morgan fingerprint density at radius 2 is 1.71 bits per heavy atom. The van der Waals surface area contributed by atoms with Crippen LogP contribution < -0.4 is 10.1 Å². The Bertz CT molecular complexity index is 893. The molecule has 0 radical (unpaired) electrons. The number of carbonyl (C=O) groups is 2. The molecule has 1 atom stereocenters. The summed E-state index contributed by atoms with van der Waals surface area (Å²) in [7, 11) is 0. The van der Waals surface area contributed by atoms with Crippen LogP contribution >= 0.6 is 11.6 Å². The maximum Gasteiger partial charge on any atom is 0.261 e. The lowest BCUT2D eigenvalue weighted by Gasteiger charge is -2.31. The molecule has 2 aromatic rings. The molecule has 168 valence electrons. The lowest BCUT2D eigenvalue weighted by Crippen LogP contribution is -2.51. The fraction of sp³-hybridized carbons (Fsp3) is 0.417. The van der Waals surface area contributed by atoms with E-state index in [0.29, 0.717) is 17.2 Å². The summed E-state index contributed by atoms with van der Waals surface area (Å²) in [5, 5.41) is 3.53. The molecule has 0 bridgehead atoms. The first-order valence-electron chi connectivity index (χ1n) is 10.4. The fourth-order valence-electron chi connectivity index (χ4n) is 3.30. The SMILES string of the molecule is CC[C@@H](C(=O)NC(C)C)N(Cc1ccc(F)cc1)C(=O)COc1cc(C)c(Cl)c(C)c1. The Morgan fingerprint density at radius 3 is 2.23 bits per heavy atom. The summed E-state index contributed by atoms with van der Waals surface area (Å²) in [6, 6.07) is 8.71. The number of nitrogens with one attached hydrogen (secondary N) is 1. The van der Waals surface area contributed by atoms with Gasteiger partial charge in [-0.25, -0.2) is 4.39 Å². The summed E-state index contributed by atoms with van der Waals surface area (Å²) in [6.45, 7) is 9.26. The molecule has 0 aliphatic rings. The van der Waals surface area contributed by atoms with Crippen LogP contribution in [-0.4, -0.2) is 35.4 Å². The summed E-state index contributed by atoms with van der Waals surface area (Å²) < 4.78 is 19.0. The van der Waals surface area contributed by atoms with Crippen molar-refractivity contribution in [3.63, 3.8) is 0 Å². The van der Waals surface area contributed by atoms with E-state index in [1.807, 2.05) is 34.6 Å². The highest BCUT2D eigenvalue weighted by Crippen LogP contribution is 2.26. The van der Waals surface area contributed by atoms with E-state index in [4.69, 9.17) is 16.3 Å². The number of rotatable bonds is 9. The number of hydrogen-bond donors (Lipinski definition) is 1. The third-order valence-corrected chi connectivity index (χ3v) is 5.45. The second-order valence-electron chi connectivity index (χ2n) is 7.90. The minimum atomic E-state index is -0.669. The molecule has 0 saturated heterocycles. The first-order chi connectivity index (χ1) is 14.6. The third kappa shape index (κ3) is 6.96. The topological polar surface area (TPSA) is 58.6 Å². The normalized spacial score (nSPS) is 11.9. The minimum Gasteiger partial charge on any atom is -0.484 e. The smallest absolute Gasteiger partial charge is 0.261 e. The monoisotopic (exact) mass is 448 g/mol. The van der Waals surface area contributed by atoms with Gasteiger partial charge >= 0.3 is 0 Å². The van der Waals surface area contributed by atoms with Gasteiger partial charge in [-0.15, -0.1) is 0 Å². The van der Waals surface area contributed by atoms with Crippen LogP contribution in [-0.2, 0) is 16.1 Å². The summed E-state index contributed by atoms with van der Waals surface area (Å²) in [4.78, 5) is 27.4. The minimum absolute atomic E-state index is 0.0550. The lowest BCUT2D eigenvalue weighted by molar-refractivity contribution is -0.143. The van der Waals surface area contributed by atoms with Gasteiger partial charge in [-0.2, -0.15) is 0 Å². The van der Waals surface area contributed by atoms with Gasteiger partial charge in [-0.05, 0) is 75.1 Å². The van der Waals surface area contributed by atoms with Gasteiger partial charge < -0.3 is 15.0 Å². The van der Waals surface area contributed by atoms with Crippen molar-refractivity contribution in [3.8, 4) is 5.75 Å². The molecule has 2 rings (SSSR count). The highest BCUT2D eigenvalue weighted by Gasteiger charge is 2.29. The van der Waals surface area contributed by atoms with E-state index < -0.39 is 6.04 Å². The molecule has 2 amide bonds. The van der Waals surface area contributed by atoms with Crippen LogP contribution in [0.15, 0.2) is 36.4 Å². The Morgan fingerprint density at radius 1 is 1.13 bits per heavy atom. The standard InChI is InChI=1S/C24H30ClFN2O3/c1-6-21(24(30)27-15(2)3)28(13-18-7-9-19(26)10-8-18)22(29)14-31-20-11-16(4)23(25)17(5)12-20/h7-12,15,21H,6,13-14H2,1-5H3,(H,27,30)/t21-/m0/s1. The zero-order valence-corrected chi connectivity index (χ0v) is 19.4. The maximum absolute atomic E-state index is 13.3. The van der Waals surface area contributed by atoms with Crippen molar-refractivity contribution in [3.05, 3.63) is 63.9 Å². The van der Waals surface area contributed by atoms with Crippen molar-refractivity contribution in [2.24, 2.45) is 0 Å². The Labute approximate surface area is 188 Å². The van der Waals surface area contributed by atoms with Gasteiger partial charge in [0.2, 0.25) is 5.91 Å². The number of benzene rings is 2. The molecule has 0 spiro atoms. The van der Waals surface area contributed by atoms with Crippen LogP contribution in [0, 0.1) is 19.7 Å². The molecular weight excluding hydrogens is 419 g/mol. The zero-order valence-electron chi connectivity index (χ0n) is 18.7. The van der Waals surface area contributed by atoms with Gasteiger partial charge in [0, 0.05) is 17.6 Å². The van der Waals surface area contributed by atoms with E-state index in [1.165, 1.54) is 17.0 Å². The average Bonchev–Trinajstić information content (AvgIpc) is 2.70. The number of hydrogen-bond acceptors (Lipinski definition) is 3. The largest absolute Gasteiger partial charge is 0.484 e. The van der Waals surface area contributed by atoms with Crippen LogP contribution in [0.3, 0.4) is 0 Å². The average molecular weight is 449 g/mol. The van der Waals surface area contributed by atoms with Gasteiger partial charge in [0.15, 0.2) is 6.61 Å². The van der Waals surface area contributed by atoms with Crippen molar-refractivity contribution in [1.82, 2.24) is 10.2 Å². The van der Waals surface area contributed by atoms with Gasteiger partial charge in [0.1, 0.15) is 17.6 Å². The molecule has 5 nitrogen and oxygen atoms in total. The lowest BCUT2D eigenvalue weighted by atomic mass is 10.1. The highest BCUT2D eigenvalue weighted by atomic mass is 35.5. The van der Waals surface area contributed by atoms with Crippen LogP contribution in [0.4, 0.5) is 4.39 Å². The van der Waals surface area contributed by atoms with Crippen LogP contribution in [0.5, 0.6) is 5.75 Å². The van der Waals surface area contributed by atoms with Crippen LogP contribution in [0.2, 0.25) is 5.02 Å². The highest BCUT2D eigenvalue weighted by molar-refractivity contribution is 6.32. The van der Waals surface area contributed by atoms with E-state index in [-0.39, 0.29) is 36.8 Å². The molecule has 0 fully saturated rings. The number of ether oxygens (including phenoxy) is 1. The van der Waals surface area contributed by atoms with Crippen molar-refractivity contribution < 1.29 is 18.7 Å². The Kier molecular flexibility index (Phi) is 8.87. The second-order valence-corrected chi connectivity index (χ2v) is 8.27. The van der Waals surface area contributed by atoms with Crippen molar-refractivity contribution in [1.29, 1.82) is 0 Å². The van der Waals surface area contributed by atoms with Gasteiger partial charge in [0.05, 0.1) is 0 Å². The second kappa shape index (κ2) is 11.1. The molecule has 0 heterocycles. The summed E-state index contributed by atoms with van der Waals surface area (Å²) >= 11 is 6.20. The van der Waals surface area contributed by atoms with Crippen LogP contribution in [0.1, 0.15) is 43.9 Å². The third-order valence-electron chi connectivity index (χ3n) is 4.86.